The van der Waals surface area contributed by atoms with Gasteiger partial charge >= 0.3 is 0 Å². The fraction of sp³-hybridized carbons (Fsp3) is 0.200. The lowest BCUT2D eigenvalue weighted by Gasteiger charge is -2.12. The van der Waals surface area contributed by atoms with Crippen LogP contribution in [0.3, 0.4) is 0 Å². The van der Waals surface area contributed by atoms with Crippen molar-refractivity contribution < 1.29 is 9.59 Å². The van der Waals surface area contributed by atoms with Gasteiger partial charge in [-0.1, -0.05) is 12.1 Å². The first-order valence-corrected chi connectivity index (χ1v) is 4.48. The van der Waals surface area contributed by atoms with Crippen LogP contribution in [0, 0.1) is 0 Å². The van der Waals surface area contributed by atoms with Crippen molar-refractivity contribution in [3.05, 3.63) is 35.4 Å². The molecule has 0 aliphatic rings. The first-order valence-electron chi connectivity index (χ1n) is 4.48. The van der Waals surface area contributed by atoms with Gasteiger partial charge < -0.3 is 10.6 Å². The summed E-state index contributed by atoms with van der Waals surface area (Å²) >= 11 is 0. The van der Waals surface area contributed by atoms with E-state index in [1.807, 2.05) is 0 Å². The van der Waals surface area contributed by atoms with Crippen LogP contribution in [-0.4, -0.2) is 30.8 Å². The number of nitrogens with two attached hydrogens (primary N) is 3. The molecule has 6 N–H and O–H groups in total. The number of benzene rings is 1. The van der Waals surface area contributed by atoms with Gasteiger partial charge in [0.2, 0.25) is 5.91 Å². The fourth-order valence-electron chi connectivity index (χ4n) is 1.13. The van der Waals surface area contributed by atoms with E-state index in [-0.39, 0.29) is 11.5 Å². The molecule has 0 atom stereocenters. The lowest BCUT2D eigenvalue weighted by Crippen LogP contribution is -2.25. The molecule has 1 aromatic rings. The van der Waals surface area contributed by atoms with Crippen molar-refractivity contribution in [2.75, 3.05) is 14.1 Å². The van der Waals surface area contributed by atoms with Crippen molar-refractivity contribution in [3.63, 3.8) is 0 Å². The van der Waals surface area contributed by atoms with Gasteiger partial charge in [-0.25, -0.2) is 0 Å². The highest BCUT2D eigenvalue weighted by molar-refractivity contribution is 6.06. The quantitative estimate of drug-likeness (QED) is 0.455. The average Bonchev–Trinajstić information content (AvgIpc) is 2.30. The molecule has 0 fully saturated rings. The summed E-state index contributed by atoms with van der Waals surface area (Å²) in [6.07, 6.45) is 0. The van der Waals surface area contributed by atoms with Crippen LogP contribution in [-0.2, 0) is 0 Å². The highest BCUT2D eigenvalue weighted by Gasteiger charge is 2.15. The number of carbonyl (C=O) groups is 2. The summed E-state index contributed by atoms with van der Waals surface area (Å²) < 4.78 is 0. The van der Waals surface area contributed by atoms with Gasteiger partial charge in [0.05, 0.1) is 11.1 Å². The number of hydrazine groups is 1. The van der Waals surface area contributed by atoms with E-state index >= 15 is 0 Å². The third-order valence-electron chi connectivity index (χ3n) is 1.83. The second-order valence-electron chi connectivity index (χ2n) is 3.11. The van der Waals surface area contributed by atoms with Crippen molar-refractivity contribution in [2.24, 2.45) is 17.4 Å². The summed E-state index contributed by atoms with van der Waals surface area (Å²) in [6.45, 7) is 0. The topological polar surface area (TPSA) is 115 Å². The Hall–Kier alpha value is -1.92. The van der Waals surface area contributed by atoms with Crippen molar-refractivity contribution >= 4 is 11.8 Å². The Labute approximate surface area is 94.0 Å². The number of nitrogens with zero attached hydrogens (tertiary/aromatic N) is 1. The maximum absolute atomic E-state index is 11.6. The molecule has 1 rings (SSSR count). The fourth-order valence-corrected chi connectivity index (χ4v) is 1.13. The van der Waals surface area contributed by atoms with E-state index in [2.05, 4.69) is 11.7 Å². The molecule has 0 heterocycles. The number of hydrogen-bond acceptors (Lipinski definition) is 4. The van der Waals surface area contributed by atoms with Crippen molar-refractivity contribution in [1.82, 2.24) is 4.90 Å². The van der Waals surface area contributed by atoms with Gasteiger partial charge in [-0.2, -0.15) is 0 Å². The molecule has 0 saturated heterocycles. The predicted molar refractivity (Wildman–Crippen MR) is 61.4 cm³/mol. The third-order valence-corrected chi connectivity index (χ3v) is 1.83. The second-order valence-corrected chi connectivity index (χ2v) is 3.11. The van der Waals surface area contributed by atoms with Crippen LogP contribution in [0.15, 0.2) is 24.3 Å². The van der Waals surface area contributed by atoms with Crippen LogP contribution in [0.2, 0.25) is 0 Å². The van der Waals surface area contributed by atoms with Gasteiger partial charge in [0.1, 0.15) is 0 Å². The molecule has 16 heavy (non-hydrogen) atoms. The minimum Gasteiger partial charge on any atom is -0.366 e. The van der Waals surface area contributed by atoms with E-state index < -0.39 is 5.91 Å². The normalized spacial score (nSPS) is 8.75. The first-order chi connectivity index (χ1) is 7.54. The third kappa shape index (κ3) is 3.34. The van der Waals surface area contributed by atoms with E-state index in [1.54, 1.807) is 38.4 Å². The Bertz CT molecular complexity index is 377. The smallest absolute Gasteiger partial charge is 0.254 e. The molecular formula is C10H16N4O2. The standard InChI is InChI=1S/C10H12N2O2.H4N2/c1-12(2)10(14)8-6-4-3-5-7(8)9(11)13;1-2/h3-6H,1-2H3,(H2,11,13);1-2H2. The maximum atomic E-state index is 11.6. The van der Waals surface area contributed by atoms with Crippen molar-refractivity contribution in [1.29, 1.82) is 0 Å². The Morgan fingerprint density at radius 2 is 1.50 bits per heavy atom. The highest BCUT2D eigenvalue weighted by atomic mass is 16.2. The summed E-state index contributed by atoms with van der Waals surface area (Å²) in [5.74, 6) is 7.19. The second kappa shape index (κ2) is 6.54. The van der Waals surface area contributed by atoms with Crippen LogP contribution >= 0.6 is 0 Å². The van der Waals surface area contributed by atoms with Crippen molar-refractivity contribution in [2.45, 2.75) is 0 Å². The van der Waals surface area contributed by atoms with Crippen LogP contribution in [0.5, 0.6) is 0 Å². The summed E-state index contributed by atoms with van der Waals surface area (Å²) in [4.78, 5) is 24.0. The molecule has 0 aromatic heterocycles. The number of primary amides is 1. The SMILES string of the molecule is CN(C)C(=O)c1ccccc1C(N)=O.NN. The van der Waals surface area contributed by atoms with Gasteiger partial charge in [-0.3, -0.25) is 21.3 Å². The highest BCUT2D eigenvalue weighted by Crippen LogP contribution is 2.09. The summed E-state index contributed by atoms with van der Waals surface area (Å²) in [5, 5.41) is 0. The Balaban J connectivity index is 0.00000106. The number of amides is 2. The first kappa shape index (κ1) is 14.1. The van der Waals surface area contributed by atoms with Gasteiger partial charge in [-0.15, -0.1) is 0 Å². The predicted octanol–water partition coefficient (Wildman–Crippen LogP) is -0.694. The molecule has 0 saturated carbocycles. The van der Waals surface area contributed by atoms with Crippen molar-refractivity contribution in [3.8, 4) is 0 Å². The van der Waals surface area contributed by atoms with E-state index in [0.29, 0.717) is 5.56 Å². The van der Waals surface area contributed by atoms with Gasteiger partial charge in [0.15, 0.2) is 0 Å². The average molecular weight is 224 g/mol. The summed E-state index contributed by atoms with van der Waals surface area (Å²) in [5.41, 5.74) is 5.74. The van der Waals surface area contributed by atoms with E-state index in [9.17, 15) is 9.59 Å². The Morgan fingerprint density at radius 1 is 1.06 bits per heavy atom. The molecule has 6 heteroatoms. The minimum atomic E-state index is -0.587. The molecule has 0 radical (unpaired) electrons. The summed E-state index contributed by atoms with van der Waals surface area (Å²) in [7, 11) is 3.25. The van der Waals surface area contributed by atoms with Crippen LogP contribution in [0.4, 0.5) is 0 Å². The monoisotopic (exact) mass is 224 g/mol. The molecule has 0 bridgehead atoms. The van der Waals surface area contributed by atoms with Gasteiger partial charge in [0.25, 0.3) is 5.91 Å². The largest absolute Gasteiger partial charge is 0.366 e. The molecule has 6 nitrogen and oxygen atoms in total. The van der Waals surface area contributed by atoms with E-state index in [4.69, 9.17) is 5.73 Å². The molecule has 0 aliphatic heterocycles. The molecule has 1 aromatic carbocycles. The molecule has 0 unspecified atom stereocenters. The Kier molecular flexibility index (Phi) is 5.76. The van der Waals surface area contributed by atoms with Gasteiger partial charge in [-0.05, 0) is 12.1 Å². The van der Waals surface area contributed by atoms with Crippen LogP contribution in [0.1, 0.15) is 20.7 Å². The van der Waals surface area contributed by atoms with Gasteiger partial charge in [0, 0.05) is 14.1 Å². The van der Waals surface area contributed by atoms with E-state index in [0.717, 1.165) is 0 Å². The Morgan fingerprint density at radius 3 is 1.88 bits per heavy atom. The van der Waals surface area contributed by atoms with Crippen LogP contribution < -0.4 is 17.4 Å². The molecule has 88 valence electrons. The molecular weight excluding hydrogens is 208 g/mol. The lowest BCUT2D eigenvalue weighted by molar-refractivity contribution is 0.0821. The molecule has 2 amide bonds. The zero-order chi connectivity index (χ0) is 12.7. The number of rotatable bonds is 2. The molecule has 0 aliphatic carbocycles. The summed E-state index contributed by atoms with van der Waals surface area (Å²) in [6, 6.07) is 6.50. The minimum absolute atomic E-state index is 0.223. The van der Waals surface area contributed by atoms with Crippen LogP contribution in [0.25, 0.3) is 0 Å². The molecule has 0 spiro atoms. The maximum Gasteiger partial charge on any atom is 0.254 e. The number of carbonyl (C=O) groups excluding carboxylic acids is 2. The van der Waals surface area contributed by atoms with E-state index in [1.165, 1.54) is 4.90 Å². The zero-order valence-corrected chi connectivity index (χ0v) is 9.31. The number of hydrogen-bond donors (Lipinski definition) is 3. The zero-order valence-electron chi connectivity index (χ0n) is 9.31. The lowest BCUT2D eigenvalue weighted by atomic mass is 10.1.